The fourth-order valence-corrected chi connectivity index (χ4v) is 3.25. The average molecular weight is 283 g/mol. The Labute approximate surface area is 115 Å². The van der Waals surface area contributed by atoms with Gasteiger partial charge < -0.3 is 5.73 Å². The van der Waals surface area contributed by atoms with Crippen LogP contribution in [0, 0.1) is 0 Å². The molecule has 2 rings (SSSR count). The summed E-state index contributed by atoms with van der Waals surface area (Å²) in [7, 11) is -0.267. The Morgan fingerprint density at radius 2 is 2.16 bits per heavy atom. The molecule has 1 aliphatic heterocycles. The van der Waals surface area contributed by atoms with Crippen LogP contribution in [-0.4, -0.2) is 50.8 Å². The molecule has 1 fully saturated rings. The van der Waals surface area contributed by atoms with Crippen LogP contribution in [-0.2, 0) is 16.6 Å². The molecular formula is C13H21N3O2S. The summed E-state index contributed by atoms with van der Waals surface area (Å²) in [5.74, 6) is 0. The normalized spacial score (nSPS) is 21.2. The zero-order valence-corrected chi connectivity index (χ0v) is 12.2. The predicted octanol–water partition coefficient (Wildman–Crippen LogP) is 0.470. The predicted molar refractivity (Wildman–Crippen MR) is 75.2 cm³/mol. The molecule has 1 saturated heterocycles. The van der Waals surface area contributed by atoms with E-state index in [2.05, 4.69) is 4.90 Å². The number of sulfonamides is 1. The average Bonchev–Trinajstić information content (AvgIpc) is 2.75. The highest BCUT2D eigenvalue weighted by molar-refractivity contribution is 7.89. The minimum Gasteiger partial charge on any atom is -0.326 e. The van der Waals surface area contributed by atoms with E-state index in [0.29, 0.717) is 4.90 Å². The molecule has 0 spiro atoms. The minimum absolute atomic E-state index is 0.244. The summed E-state index contributed by atoms with van der Waals surface area (Å²) in [6.07, 6.45) is 1.01. The van der Waals surface area contributed by atoms with Crippen molar-refractivity contribution in [1.29, 1.82) is 0 Å². The van der Waals surface area contributed by atoms with E-state index in [1.165, 1.54) is 4.31 Å². The number of benzene rings is 1. The number of nitrogens with zero attached hydrogens (tertiary/aromatic N) is 2. The van der Waals surface area contributed by atoms with E-state index < -0.39 is 10.0 Å². The van der Waals surface area contributed by atoms with Crippen molar-refractivity contribution in [3.8, 4) is 0 Å². The summed E-state index contributed by atoms with van der Waals surface area (Å²) < 4.78 is 25.4. The van der Waals surface area contributed by atoms with Gasteiger partial charge in [0, 0.05) is 39.8 Å². The largest absolute Gasteiger partial charge is 0.326 e. The summed E-state index contributed by atoms with van der Waals surface area (Å²) in [6, 6.07) is 7.38. The summed E-state index contributed by atoms with van der Waals surface area (Å²) in [5, 5.41) is 0. The number of hydrogen-bond acceptors (Lipinski definition) is 4. The summed E-state index contributed by atoms with van der Waals surface area (Å²) in [6.45, 7) is 2.61. The highest BCUT2D eigenvalue weighted by atomic mass is 32.2. The molecule has 2 N–H and O–H groups in total. The highest BCUT2D eigenvalue weighted by Gasteiger charge is 2.20. The van der Waals surface area contributed by atoms with Crippen LogP contribution in [0.15, 0.2) is 29.2 Å². The van der Waals surface area contributed by atoms with Crippen LogP contribution < -0.4 is 5.73 Å². The lowest BCUT2D eigenvalue weighted by Crippen LogP contribution is -2.26. The second-order valence-corrected chi connectivity index (χ2v) is 7.37. The molecule has 0 aliphatic carbocycles. The highest BCUT2D eigenvalue weighted by Crippen LogP contribution is 2.17. The maximum absolute atomic E-state index is 12.1. The lowest BCUT2D eigenvalue weighted by Gasteiger charge is -2.16. The van der Waals surface area contributed by atoms with Gasteiger partial charge >= 0.3 is 0 Å². The smallest absolute Gasteiger partial charge is 0.242 e. The first-order chi connectivity index (χ1) is 8.89. The molecule has 0 amide bonds. The quantitative estimate of drug-likeness (QED) is 0.872. The van der Waals surface area contributed by atoms with Crippen LogP contribution in [0.1, 0.15) is 12.0 Å². The first-order valence-electron chi connectivity index (χ1n) is 6.39. The van der Waals surface area contributed by atoms with Crippen molar-refractivity contribution in [2.24, 2.45) is 5.73 Å². The van der Waals surface area contributed by atoms with Crippen LogP contribution >= 0.6 is 0 Å². The molecule has 0 bridgehead atoms. The van der Waals surface area contributed by atoms with Crippen LogP contribution in [0.5, 0.6) is 0 Å². The zero-order valence-electron chi connectivity index (χ0n) is 11.4. The maximum atomic E-state index is 12.1. The molecule has 1 atom stereocenters. The van der Waals surface area contributed by atoms with Gasteiger partial charge in [0.1, 0.15) is 0 Å². The lowest BCUT2D eigenvalue weighted by molar-refractivity contribution is 0.326. The van der Waals surface area contributed by atoms with Crippen molar-refractivity contribution in [2.45, 2.75) is 23.9 Å². The van der Waals surface area contributed by atoms with Crippen LogP contribution in [0.4, 0.5) is 0 Å². The summed E-state index contributed by atoms with van der Waals surface area (Å²) >= 11 is 0. The minimum atomic E-state index is -3.35. The second-order valence-electron chi connectivity index (χ2n) is 5.22. The monoisotopic (exact) mass is 283 g/mol. The Bertz CT molecular complexity index is 543. The van der Waals surface area contributed by atoms with Gasteiger partial charge in [-0.05, 0) is 24.1 Å². The van der Waals surface area contributed by atoms with Crippen molar-refractivity contribution in [2.75, 3.05) is 27.2 Å². The molecular weight excluding hydrogens is 262 g/mol. The molecule has 6 heteroatoms. The Morgan fingerprint density at radius 3 is 2.74 bits per heavy atom. The van der Waals surface area contributed by atoms with E-state index in [0.717, 1.165) is 31.6 Å². The lowest BCUT2D eigenvalue weighted by atomic mass is 10.2. The van der Waals surface area contributed by atoms with Crippen LogP contribution in [0.2, 0.25) is 0 Å². The van der Waals surface area contributed by atoms with Gasteiger partial charge in [-0.15, -0.1) is 0 Å². The first-order valence-corrected chi connectivity index (χ1v) is 7.83. The molecule has 1 aromatic carbocycles. The standard InChI is InChI=1S/C13H21N3O2S/c1-15(2)19(17,18)13-5-3-4-11(8-13)9-16-7-6-12(14)10-16/h3-5,8,12H,6-7,9-10,14H2,1-2H3. The third-order valence-electron chi connectivity index (χ3n) is 3.39. The molecule has 5 nitrogen and oxygen atoms in total. The van der Waals surface area contributed by atoms with Crippen molar-refractivity contribution in [3.63, 3.8) is 0 Å². The van der Waals surface area contributed by atoms with E-state index in [1.54, 1.807) is 32.3 Å². The molecule has 1 aliphatic rings. The van der Waals surface area contributed by atoms with Crippen LogP contribution in [0.25, 0.3) is 0 Å². The van der Waals surface area contributed by atoms with Gasteiger partial charge in [0.2, 0.25) is 10.0 Å². The van der Waals surface area contributed by atoms with Gasteiger partial charge in [0.25, 0.3) is 0 Å². The molecule has 19 heavy (non-hydrogen) atoms. The number of nitrogens with two attached hydrogens (primary N) is 1. The Morgan fingerprint density at radius 1 is 1.42 bits per heavy atom. The van der Waals surface area contributed by atoms with Gasteiger partial charge in [0.15, 0.2) is 0 Å². The van der Waals surface area contributed by atoms with Crippen LogP contribution in [0.3, 0.4) is 0 Å². The zero-order chi connectivity index (χ0) is 14.0. The van der Waals surface area contributed by atoms with Gasteiger partial charge in [0.05, 0.1) is 4.90 Å². The van der Waals surface area contributed by atoms with Gasteiger partial charge in [-0.2, -0.15) is 0 Å². The molecule has 0 saturated carbocycles. The molecule has 0 aromatic heterocycles. The first kappa shape index (κ1) is 14.5. The molecule has 1 heterocycles. The van der Waals surface area contributed by atoms with Crippen molar-refractivity contribution in [1.82, 2.24) is 9.21 Å². The van der Waals surface area contributed by atoms with E-state index in [9.17, 15) is 8.42 Å². The molecule has 106 valence electrons. The van der Waals surface area contributed by atoms with E-state index in [1.807, 2.05) is 6.07 Å². The summed E-state index contributed by atoms with van der Waals surface area (Å²) in [5.41, 5.74) is 6.88. The second kappa shape index (κ2) is 5.58. The van der Waals surface area contributed by atoms with E-state index >= 15 is 0 Å². The Hall–Kier alpha value is -0.950. The number of hydrogen-bond donors (Lipinski definition) is 1. The van der Waals surface area contributed by atoms with Crippen molar-refractivity contribution < 1.29 is 8.42 Å². The fraction of sp³-hybridized carbons (Fsp3) is 0.538. The SMILES string of the molecule is CN(C)S(=O)(=O)c1cccc(CN2CCC(N)C2)c1. The maximum Gasteiger partial charge on any atom is 0.242 e. The fourth-order valence-electron chi connectivity index (χ4n) is 2.28. The molecule has 1 unspecified atom stereocenters. The van der Waals surface area contributed by atoms with E-state index in [-0.39, 0.29) is 6.04 Å². The van der Waals surface area contributed by atoms with Gasteiger partial charge in [-0.1, -0.05) is 12.1 Å². The van der Waals surface area contributed by atoms with Crippen molar-refractivity contribution in [3.05, 3.63) is 29.8 Å². The van der Waals surface area contributed by atoms with Gasteiger partial charge in [-0.3, -0.25) is 4.90 Å². The van der Waals surface area contributed by atoms with Gasteiger partial charge in [-0.25, -0.2) is 12.7 Å². The molecule has 0 radical (unpaired) electrons. The third-order valence-corrected chi connectivity index (χ3v) is 5.20. The Kier molecular flexibility index (Phi) is 4.25. The molecule has 1 aromatic rings. The van der Waals surface area contributed by atoms with Crippen molar-refractivity contribution >= 4 is 10.0 Å². The topological polar surface area (TPSA) is 66.6 Å². The summed E-state index contributed by atoms with van der Waals surface area (Å²) in [4.78, 5) is 2.60. The Balaban J connectivity index is 2.16. The van der Waals surface area contributed by atoms with E-state index in [4.69, 9.17) is 5.73 Å². The number of likely N-dealkylation sites (tertiary alicyclic amines) is 1. The number of rotatable bonds is 4. The third kappa shape index (κ3) is 3.33.